The summed E-state index contributed by atoms with van der Waals surface area (Å²) in [7, 11) is 1.64. The Morgan fingerprint density at radius 1 is 1.10 bits per heavy atom. The Labute approximate surface area is 174 Å². The van der Waals surface area contributed by atoms with Crippen LogP contribution in [0.1, 0.15) is 69.9 Å². The van der Waals surface area contributed by atoms with Crippen LogP contribution in [0, 0.1) is 23.2 Å². The number of nitrogens with one attached hydrogen (secondary N) is 2. The number of para-hydroxylation sites is 1. The second-order valence-corrected chi connectivity index (χ2v) is 9.59. The van der Waals surface area contributed by atoms with Gasteiger partial charge in [0.15, 0.2) is 0 Å². The molecule has 4 aliphatic carbocycles. The number of ether oxygens (including phenoxy) is 1. The van der Waals surface area contributed by atoms with Crippen LogP contribution >= 0.6 is 0 Å². The van der Waals surface area contributed by atoms with Gasteiger partial charge in [-0.05, 0) is 75.7 Å². The van der Waals surface area contributed by atoms with E-state index in [2.05, 4.69) is 10.6 Å². The SMILES string of the molecule is COc1ccccc1C(C)NC(=O)CCCNC(=O)C12CC3CC(CC(C3)C1)C2. The first kappa shape index (κ1) is 20.2. The molecule has 29 heavy (non-hydrogen) atoms. The minimum absolute atomic E-state index is 0.00691. The van der Waals surface area contributed by atoms with Crippen LogP contribution in [0.3, 0.4) is 0 Å². The highest BCUT2D eigenvalue weighted by Crippen LogP contribution is 2.60. The van der Waals surface area contributed by atoms with Gasteiger partial charge < -0.3 is 15.4 Å². The predicted molar refractivity (Wildman–Crippen MR) is 112 cm³/mol. The van der Waals surface area contributed by atoms with Gasteiger partial charge in [0, 0.05) is 23.9 Å². The molecule has 0 saturated heterocycles. The highest BCUT2D eigenvalue weighted by Gasteiger charge is 2.54. The molecule has 4 aliphatic rings. The zero-order chi connectivity index (χ0) is 20.4. The van der Waals surface area contributed by atoms with E-state index in [9.17, 15) is 9.59 Å². The molecule has 2 N–H and O–H groups in total. The Bertz CT molecular complexity index is 725. The van der Waals surface area contributed by atoms with E-state index in [4.69, 9.17) is 4.74 Å². The molecule has 4 bridgehead atoms. The van der Waals surface area contributed by atoms with Gasteiger partial charge in [-0.1, -0.05) is 18.2 Å². The zero-order valence-corrected chi connectivity index (χ0v) is 17.7. The van der Waals surface area contributed by atoms with Gasteiger partial charge in [0.2, 0.25) is 11.8 Å². The van der Waals surface area contributed by atoms with Gasteiger partial charge in [-0.15, -0.1) is 0 Å². The molecular weight excluding hydrogens is 364 g/mol. The Hall–Kier alpha value is -2.04. The maximum absolute atomic E-state index is 12.9. The normalized spacial score (nSPS) is 30.6. The van der Waals surface area contributed by atoms with Gasteiger partial charge >= 0.3 is 0 Å². The van der Waals surface area contributed by atoms with Crippen LogP contribution in [-0.4, -0.2) is 25.5 Å². The maximum atomic E-state index is 12.9. The van der Waals surface area contributed by atoms with Crippen molar-refractivity contribution in [3.63, 3.8) is 0 Å². The molecule has 4 saturated carbocycles. The summed E-state index contributed by atoms with van der Waals surface area (Å²) in [6.45, 7) is 2.54. The van der Waals surface area contributed by atoms with Crippen LogP contribution in [0.15, 0.2) is 24.3 Å². The van der Waals surface area contributed by atoms with E-state index in [1.807, 2.05) is 31.2 Å². The third-order valence-corrected chi connectivity index (χ3v) is 7.37. The fourth-order valence-electron chi connectivity index (χ4n) is 6.44. The Kier molecular flexibility index (Phi) is 5.84. The molecule has 0 aromatic heterocycles. The van der Waals surface area contributed by atoms with Crippen LogP contribution in [0.4, 0.5) is 0 Å². The van der Waals surface area contributed by atoms with Gasteiger partial charge in [0.05, 0.1) is 13.2 Å². The van der Waals surface area contributed by atoms with Crippen LogP contribution in [0.2, 0.25) is 0 Å². The number of methoxy groups -OCH3 is 1. The lowest BCUT2D eigenvalue weighted by atomic mass is 9.49. The topological polar surface area (TPSA) is 67.4 Å². The van der Waals surface area contributed by atoms with Crippen LogP contribution in [-0.2, 0) is 9.59 Å². The number of hydrogen-bond acceptors (Lipinski definition) is 3. The van der Waals surface area contributed by atoms with Crippen LogP contribution in [0.5, 0.6) is 5.75 Å². The van der Waals surface area contributed by atoms with Crippen molar-refractivity contribution in [1.29, 1.82) is 0 Å². The van der Waals surface area contributed by atoms with Crippen molar-refractivity contribution in [3.8, 4) is 5.75 Å². The molecule has 0 aliphatic heterocycles. The van der Waals surface area contributed by atoms with E-state index in [-0.39, 0.29) is 23.3 Å². The highest BCUT2D eigenvalue weighted by molar-refractivity contribution is 5.83. The van der Waals surface area contributed by atoms with Crippen molar-refractivity contribution in [2.45, 2.75) is 64.3 Å². The molecule has 0 radical (unpaired) electrons. The summed E-state index contributed by atoms with van der Waals surface area (Å²) < 4.78 is 5.37. The molecular formula is C24H34N2O3. The summed E-state index contributed by atoms with van der Waals surface area (Å²) in [6.07, 6.45) is 8.37. The lowest BCUT2D eigenvalue weighted by Crippen LogP contribution is -2.53. The first-order chi connectivity index (χ1) is 14.0. The molecule has 1 aromatic rings. The molecule has 5 rings (SSSR count). The largest absolute Gasteiger partial charge is 0.496 e. The Balaban J connectivity index is 1.20. The van der Waals surface area contributed by atoms with E-state index in [0.717, 1.165) is 48.3 Å². The lowest BCUT2D eigenvalue weighted by molar-refractivity contribution is -0.146. The predicted octanol–water partition coefficient (Wildman–Crippen LogP) is 3.99. The number of benzene rings is 1. The standard InChI is InChI=1S/C24H34N2O3/c1-16(20-6-3-4-7-21(20)29-2)26-22(27)8-5-9-25-23(28)24-13-17-10-18(14-24)12-19(11-17)15-24/h3-4,6-7,16-19H,5,8-15H2,1-2H3,(H,25,28)(H,26,27). The third-order valence-electron chi connectivity index (χ3n) is 7.37. The summed E-state index contributed by atoms with van der Waals surface area (Å²) in [5.41, 5.74) is 0.869. The summed E-state index contributed by atoms with van der Waals surface area (Å²) >= 11 is 0. The van der Waals surface area contributed by atoms with Gasteiger partial charge in [-0.3, -0.25) is 9.59 Å². The van der Waals surface area contributed by atoms with E-state index in [1.54, 1.807) is 7.11 Å². The molecule has 1 atom stereocenters. The monoisotopic (exact) mass is 398 g/mol. The van der Waals surface area contributed by atoms with Crippen LogP contribution in [0.25, 0.3) is 0 Å². The first-order valence-electron chi connectivity index (χ1n) is 11.2. The molecule has 158 valence electrons. The second kappa shape index (κ2) is 8.37. The third kappa shape index (κ3) is 4.29. The molecule has 0 spiro atoms. The van der Waals surface area contributed by atoms with Gasteiger partial charge in [-0.25, -0.2) is 0 Å². The number of carbonyl (C=O) groups excluding carboxylic acids is 2. The van der Waals surface area contributed by atoms with Gasteiger partial charge in [-0.2, -0.15) is 0 Å². The molecule has 2 amide bonds. The molecule has 1 aromatic carbocycles. The number of rotatable bonds is 8. The molecule has 5 nitrogen and oxygen atoms in total. The Morgan fingerprint density at radius 3 is 2.34 bits per heavy atom. The molecule has 0 heterocycles. The summed E-state index contributed by atoms with van der Waals surface area (Å²) in [6, 6.07) is 7.62. The summed E-state index contributed by atoms with van der Waals surface area (Å²) in [4.78, 5) is 25.3. The molecule has 5 heteroatoms. The number of amides is 2. The van der Waals surface area contributed by atoms with Crippen molar-refractivity contribution < 1.29 is 14.3 Å². The van der Waals surface area contributed by atoms with Gasteiger partial charge in [0.25, 0.3) is 0 Å². The fourth-order valence-corrected chi connectivity index (χ4v) is 6.44. The molecule has 4 fully saturated rings. The zero-order valence-electron chi connectivity index (χ0n) is 17.7. The van der Waals surface area contributed by atoms with E-state index >= 15 is 0 Å². The average molecular weight is 399 g/mol. The van der Waals surface area contributed by atoms with E-state index < -0.39 is 0 Å². The number of hydrogen-bond donors (Lipinski definition) is 2. The minimum Gasteiger partial charge on any atom is -0.496 e. The first-order valence-corrected chi connectivity index (χ1v) is 11.2. The fraction of sp³-hybridized carbons (Fsp3) is 0.667. The van der Waals surface area contributed by atoms with Crippen molar-refractivity contribution in [3.05, 3.63) is 29.8 Å². The maximum Gasteiger partial charge on any atom is 0.226 e. The summed E-state index contributed by atoms with van der Waals surface area (Å²) in [5, 5.41) is 6.20. The average Bonchev–Trinajstić information content (AvgIpc) is 2.70. The van der Waals surface area contributed by atoms with E-state index in [1.165, 1.54) is 19.3 Å². The summed E-state index contributed by atoms with van der Waals surface area (Å²) in [5.74, 6) is 3.35. The highest BCUT2D eigenvalue weighted by atomic mass is 16.5. The van der Waals surface area contributed by atoms with Crippen molar-refractivity contribution in [1.82, 2.24) is 10.6 Å². The van der Waals surface area contributed by atoms with Crippen molar-refractivity contribution >= 4 is 11.8 Å². The molecule has 1 unspecified atom stereocenters. The smallest absolute Gasteiger partial charge is 0.226 e. The van der Waals surface area contributed by atoms with E-state index in [0.29, 0.717) is 19.4 Å². The van der Waals surface area contributed by atoms with Gasteiger partial charge in [0.1, 0.15) is 5.75 Å². The minimum atomic E-state index is -0.111. The second-order valence-electron chi connectivity index (χ2n) is 9.59. The van der Waals surface area contributed by atoms with Crippen molar-refractivity contribution in [2.24, 2.45) is 23.2 Å². The van der Waals surface area contributed by atoms with Crippen LogP contribution < -0.4 is 15.4 Å². The lowest BCUT2D eigenvalue weighted by Gasteiger charge is -2.55. The van der Waals surface area contributed by atoms with Crippen molar-refractivity contribution in [2.75, 3.05) is 13.7 Å². The quantitative estimate of drug-likeness (QED) is 0.651. The number of carbonyl (C=O) groups is 2. The Morgan fingerprint density at radius 2 is 1.72 bits per heavy atom.